The lowest BCUT2D eigenvalue weighted by molar-refractivity contribution is -0.127. The maximum absolute atomic E-state index is 15.5. The predicted molar refractivity (Wildman–Crippen MR) is 180 cm³/mol. The number of hydrogen-bond donors (Lipinski definition) is 0. The quantitative estimate of drug-likeness (QED) is 0.365. The van der Waals surface area contributed by atoms with E-state index in [1.165, 1.54) is 10.5 Å². The van der Waals surface area contributed by atoms with Crippen LogP contribution < -0.4 is 13.9 Å². The summed E-state index contributed by atoms with van der Waals surface area (Å²) in [5.74, 6) is -0.164. The Bertz CT molecular complexity index is 2000. The standard InChI is InChI=1S/C36H34N6O4S/c1-3-46-34-13-7-5-11-30(34)36(39-21-22-40(26(2)25-39)29-16-18-38-19-17-29)31-23-27(24-37)14-15-33(31)42(35(36)43)47(44,45)41-20-8-10-28-9-4-6-12-32(28)41/h4-20,23,26,32H,3,21-22,25H2,1-2H3. The van der Waals surface area contributed by atoms with Crippen LogP contribution in [0.2, 0.25) is 0 Å². The maximum Gasteiger partial charge on any atom is 0.333 e. The van der Waals surface area contributed by atoms with Gasteiger partial charge in [0.15, 0.2) is 5.54 Å². The highest BCUT2D eigenvalue weighted by atomic mass is 32.2. The summed E-state index contributed by atoms with van der Waals surface area (Å²) in [7, 11) is -4.49. The van der Waals surface area contributed by atoms with E-state index in [1.54, 1.807) is 54.9 Å². The number of allylic oxidation sites excluding steroid dienone is 4. The molecule has 1 aromatic heterocycles. The number of piperazine rings is 1. The van der Waals surface area contributed by atoms with Gasteiger partial charge in [0.1, 0.15) is 5.75 Å². The molecule has 3 aromatic rings. The number of rotatable bonds is 7. The molecule has 47 heavy (non-hydrogen) atoms. The second kappa shape index (κ2) is 11.9. The van der Waals surface area contributed by atoms with Crippen LogP contribution in [-0.4, -0.2) is 66.8 Å². The van der Waals surface area contributed by atoms with Crippen molar-refractivity contribution in [1.82, 2.24) is 14.2 Å². The van der Waals surface area contributed by atoms with Crippen LogP contribution in [0, 0.1) is 11.3 Å². The fourth-order valence-electron chi connectivity index (χ4n) is 7.22. The van der Waals surface area contributed by atoms with Crippen molar-refractivity contribution in [3.05, 3.63) is 132 Å². The van der Waals surface area contributed by atoms with E-state index in [0.29, 0.717) is 48.7 Å². The third-order valence-corrected chi connectivity index (χ3v) is 10.9. The number of benzene rings is 2. The SMILES string of the molecule is CCOc1ccccc1C1(N2CCN(c3ccncc3)C(C)C2)C(=O)N(S(=O)(=O)N2C=CC=C3C=CC=CC32)c2ccc(C#N)cc21. The molecule has 1 fully saturated rings. The normalized spacial score (nSPS) is 23.7. The van der Waals surface area contributed by atoms with Gasteiger partial charge in [-0.3, -0.25) is 14.7 Å². The second-order valence-corrected chi connectivity index (χ2v) is 13.5. The Morgan fingerprint density at radius 3 is 2.62 bits per heavy atom. The third kappa shape index (κ3) is 4.75. The first-order valence-electron chi connectivity index (χ1n) is 15.6. The Labute approximate surface area is 275 Å². The molecule has 11 heteroatoms. The van der Waals surface area contributed by atoms with Crippen LogP contribution in [0.25, 0.3) is 0 Å². The average molecular weight is 647 g/mol. The minimum absolute atomic E-state index is 0.0553. The van der Waals surface area contributed by atoms with Gasteiger partial charge in [-0.15, -0.1) is 0 Å². The number of carbonyl (C=O) groups excluding carboxylic acids is 1. The van der Waals surface area contributed by atoms with E-state index >= 15 is 4.79 Å². The van der Waals surface area contributed by atoms with Gasteiger partial charge >= 0.3 is 10.2 Å². The van der Waals surface area contributed by atoms with Gasteiger partial charge in [-0.2, -0.15) is 18.0 Å². The number of nitriles is 1. The van der Waals surface area contributed by atoms with Crippen molar-refractivity contribution < 1.29 is 17.9 Å². The molecule has 0 N–H and O–H groups in total. The van der Waals surface area contributed by atoms with E-state index in [9.17, 15) is 13.7 Å². The highest BCUT2D eigenvalue weighted by molar-refractivity contribution is 7.91. The molecule has 7 rings (SSSR count). The van der Waals surface area contributed by atoms with E-state index in [1.807, 2.05) is 55.5 Å². The molecule has 0 saturated carbocycles. The molecule has 2 aromatic carbocycles. The number of amides is 1. The van der Waals surface area contributed by atoms with Crippen molar-refractivity contribution in [1.29, 1.82) is 5.26 Å². The van der Waals surface area contributed by atoms with E-state index in [2.05, 4.69) is 27.8 Å². The van der Waals surface area contributed by atoms with Crippen molar-refractivity contribution in [3.8, 4) is 11.8 Å². The van der Waals surface area contributed by atoms with Gasteiger partial charge in [0.05, 0.1) is 30.0 Å². The van der Waals surface area contributed by atoms with Gasteiger partial charge in [0, 0.05) is 61.1 Å². The van der Waals surface area contributed by atoms with Gasteiger partial charge in [0.25, 0.3) is 5.91 Å². The number of carbonyl (C=O) groups is 1. The largest absolute Gasteiger partial charge is 0.493 e. The molecule has 3 aliphatic heterocycles. The second-order valence-electron chi connectivity index (χ2n) is 11.8. The van der Waals surface area contributed by atoms with Crippen LogP contribution in [0.15, 0.2) is 115 Å². The molecular formula is C36H34N6O4S. The highest BCUT2D eigenvalue weighted by Gasteiger charge is 2.61. The first-order chi connectivity index (χ1) is 22.8. The Kier molecular flexibility index (Phi) is 7.70. The summed E-state index contributed by atoms with van der Waals surface area (Å²) in [6.45, 7) is 5.72. The summed E-state index contributed by atoms with van der Waals surface area (Å²) in [6, 6.07) is 17.6. The molecule has 3 unspecified atom stereocenters. The van der Waals surface area contributed by atoms with Crippen LogP contribution in [-0.2, 0) is 20.5 Å². The monoisotopic (exact) mass is 646 g/mol. The Morgan fingerprint density at radius 1 is 1.04 bits per heavy atom. The van der Waals surface area contributed by atoms with Crippen molar-refractivity contribution in [2.24, 2.45) is 0 Å². The molecular weight excluding hydrogens is 613 g/mol. The summed E-state index contributed by atoms with van der Waals surface area (Å²) in [5, 5.41) is 10.0. The third-order valence-electron chi connectivity index (χ3n) is 9.23. The fraction of sp³-hybridized carbons (Fsp3) is 0.250. The molecule has 0 radical (unpaired) electrons. The molecule has 238 valence electrons. The summed E-state index contributed by atoms with van der Waals surface area (Å²) < 4.78 is 38.0. The molecule has 0 spiro atoms. The molecule has 3 atom stereocenters. The highest BCUT2D eigenvalue weighted by Crippen LogP contribution is 2.53. The average Bonchev–Trinajstić information content (AvgIpc) is 3.37. The maximum atomic E-state index is 15.5. The van der Waals surface area contributed by atoms with Crippen molar-refractivity contribution in [2.45, 2.75) is 31.5 Å². The van der Waals surface area contributed by atoms with E-state index in [4.69, 9.17) is 4.74 Å². The first-order valence-corrected chi connectivity index (χ1v) is 17.0. The number of para-hydroxylation sites is 1. The molecule has 1 saturated heterocycles. The summed E-state index contributed by atoms with van der Waals surface area (Å²) >= 11 is 0. The molecule has 1 aliphatic carbocycles. The zero-order valence-electron chi connectivity index (χ0n) is 26.1. The van der Waals surface area contributed by atoms with Gasteiger partial charge in [-0.1, -0.05) is 48.6 Å². The van der Waals surface area contributed by atoms with E-state index in [0.717, 1.165) is 15.6 Å². The Balaban J connectivity index is 1.43. The van der Waals surface area contributed by atoms with Gasteiger partial charge in [0.2, 0.25) is 0 Å². The molecule has 1 amide bonds. The topological polar surface area (TPSA) is 110 Å². The predicted octanol–water partition coefficient (Wildman–Crippen LogP) is 4.65. The van der Waals surface area contributed by atoms with Crippen molar-refractivity contribution >= 4 is 27.5 Å². The summed E-state index contributed by atoms with van der Waals surface area (Å²) in [6.07, 6.45) is 15.9. The van der Waals surface area contributed by atoms with Crippen molar-refractivity contribution in [2.75, 3.05) is 35.4 Å². The summed E-state index contributed by atoms with van der Waals surface area (Å²) in [5.41, 5.74) is 1.68. The minimum atomic E-state index is -4.49. The lowest BCUT2D eigenvalue weighted by Gasteiger charge is -2.48. The molecule has 4 heterocycles. The molecule has 4 aliphatic rings. The van der Waals surface area contributed by atoms with Crippen LogP contribution in [0.3, 0.4) is 0 Å². The first kappa shape index (κ1) is 30.5. The van der Waals surface area contributed by atoms with E-state index in [-0.39, 0.29) is 11.7 Å². The summed E-state index contributed by atoms with van der Waals surface area (Å²) in [4.78, 5) is 24.0. The minimum Gasteiger partial charge on any atom is -0.493 e. The van der Waals surface area contributed by atoms with Crippen LogP contribution in [0.4, 0.5) is 11.4 Å². The van der Waals surface area contributed by atoms with Crippen LogP contribution in [0.5, 0.6) is 5.75 Å². The Morgan fingerprint density at radius 2 is 1.85 bits per heavy atom. The van der Waals surface area contributed by atoms with Gasteiger partial charge in [-0.25, -0.2) is 4.31 Å². The lowest BCUT2D eigenvalue weighted by atomic mass is 9.80. The number of ether oxygens (including phenoxy) is 1. The van der Waals surface area contributed by atoms with Crippen molar-refractivity contribution in [3.63, 3.8) is 0 Å². The van der Waals surface area contributed by atoms with Gasteiger partial charge in [-0.05, 0) is 61.9 Å². The van der Waals surface area contributed by atoms with E-state index < -0.39 is 27.7 Å². The van der Waals surface area contributed by atoms with Crippen LogP contribution in [0.1, 0.15) is 30.5 Å². The fourth-order valence-corrected chi connectivity index (χ4v) is 8.86. The Hall–Kier alpha value is -5.18. The van der Waals surface area contributed by atoms with Crippen LogP contribution >= 0.6 is 0 Å². The lowest BCUT2D eigenvalue weighted by Crippen LogP contribution is -2.63. The van der Waals surface area contributed by atoms with Gasteiger partial charge < -0.3 is 9.64 Å². The number of pyridine rings is 1. The smallest absolute Gasteiger partial charge is 0.333 e. The molecule has 0 bridgehead atoms. The number of fused-ring (bicyclic) bond motifs is 2. The number of hydrogen-bond acceptors (Lipinski definition) is 8. The molecule has 10 nitrogen and oxygen atoms in total. The number of aromatic nitrogens is 1. The number of nitrogens with zero attached hydrogens (tertiary/aromatic N) is 6. The zero-order valence-corrected chi connectivity index (χ0v) is 26.9. The number of anilines is 2. The zero-order chi connectivity index (χ0) is 32.8.